The Bertz CT molecular complexity index is 394. The standard InChI is InChI=1S/C16H27BrN2O/c1-4-14(5-2)19(9-10-20)16-8-7-13(11-15(16)17)12-18-6-3/h7-8,11,14,18,20H,4-6,9-10,12H2,1-3H3. The van der Waals surface area contributed by atoms with Crippen LogP contribution in [-0.4, -0.2) is 30.8 Å². The molecule has 0 fully saturated rings. The van der Waals surface area contributed by atoms with Gasteiger partial charge in [-0.3, -0.25) is 0 Å². The average molecular weight is 343 g/mol. The van der Waals surface area contributed by atoms with Gasteiger partial charge in [-0.25, -0.2) is 0 Å². The molecule has 0 spiro atoms. The van der Waals surface area contributed by atoms with Crippen LogP contribution in [-0.2, 0) is 6.54 Å². The molecule has 1 aromatic rings. The summed E-state index contributed by atoms with van der Waals surface area (Å²) in [6.45, 7) is 9.24. The first kappa shape index (κ1) is 17.5. The molecule has 4 heteroatoms. The molecule has 0 saturated carbocycles. The average Bonchev–Trinajstić information content (AvgIpc) is 2.46. The molecule has 114 valence electrons. The van der Waals surface area contributed by atoms with Crippen LogP contribution in [0.3, 0.4) is 0 Å². The number of hydrogen-bond donors (Lipinski definition) is 2. The maximum absolute atomic E-state index is 9.33. The molecule has 0 atom stereocenters. The Balaban J connectivity index is 2.95. The van der Waals surface area contributed by atoms with Gasteiger partial charge in [0.15, 0.2) is 0 Å². The fraction of sp³-hybridized carbons (Fsp3) is 0.625. The van der Waals surface area contributed by atoms with E-state index in [0.717, 1.165) is 30.4 Å². The Labute approximate surface area is 131 Å². The first-order chi connectivity index (χ1) is 9.67. The quantitative estimate of drug-likeness (QED) is 0.720. The van der Waals surface area contributed by atoms with E-state index in [9.17, 15) is 5.11 Å². The third-order valence-electron chi connectivity index (χ3n) is 3.62. The van der Waals surface area contributed by atoms with Gasteiger partial charge >= 0.3 is 0 Å². The third kappa shape index (κ3) is 4.76. The highest BCUT2D eigenvalue weighted by atomic mass is 79.9. The monoisotopic (exact) mass is 342 g/mol. The Hall–Kier alpha value is -0.580. The summed E-state index contributed by atoms with van der Waals surface area (Å²) in [7, 11) is 0. The van der Waals surface area contributed by atoms with Crippen LogP contribution in [0.4, 0.5) is 5.69 Å². The number of rotatable bonds is 9. The topological polar surface area (TPSA) is 35.5 Å². The molecule has 0 unspecified atom stereocenters. The molecule has 20 heavy (non-hydrogen) atoms. The highest BCUT2D eigenvalue weighted by molar-refractivity contribution is 9.10. The number of nitrogens with one attached hydrogen (secondary N) is 1. The van der Waals surface area contributed by atoms with Crippen molar-refractivity contribution in [3.05, 3.63) is 28.2 Å². The molecule has 2 N–H and O–H groups in total. The maximum Gasteiger partial charge on any atom is 0.0606 e. The van der Waals surface area contributed by atoms with E-state index in [2.05, 4.69) is 65.1 Å². The molecule has 0 aliphatic rings. The molecule has 0 saturated heterocycles. The minimum Gasteiger partial charge on any atom is -0.395 e. The van der Waals surface area contributed by atoms with Gasteiger partial charge in [-0.2, -0.15) is 0 Å². The molecular formula is C16H27BrN2O. The van der Waals surface area contributed by atoms with Crippen LogP contribution in [0, 0.1) is 0 Å². The van der Waals surface area contributed by atoms with Crippen molar-refractivity contribution in [1.29, 1.82) is 0 Å². The number of benzene rings is 1. The van der Waals surface area contributed by atoms with Crippen LogP contribution in [0.2, 0.25) is 0 Å². The first-order valence-electron chi connectivity index (χ1n) is 7.54. The van der Waals surface area contributed by atoms with E-state index in [1.807, 2.05) is 0 Å². The van der Waals surface area contributed by atoms with E-state index in [1.165, 1.54) is 11.3 Å². The van der Waals surface area contributed by atoms with Gasteiger partial charge in [0.2, 0.25) is 0 Å². The van der Waals surface area contributed by atoms with Crippen molar-refractivity contribution in [3.63, 3.8) is 0 Å². The van der Waals surface area contributed by atoms with Crippen molar-refractivity contribution in [2.75, 3.05) is 24.6 Å². The van der Waals surface area contributed by atoms with Crippen molar-refractivity contribution < 1.29 is 5.11 Å². The van der Waals surface area contributed by atoms with E-state index in [-0.39, 0.29) is 6.61 Å². The number of anilines is 1. The molecule has 0 aliphatic carbocycles. The lowest BCUT2D eigenvalue weighted by Crippen LogP contribution is -2.37. The highest BCUT2D eigenvalue weighted by Crippen LogP contribution is 2.30. The molecule has 0 bridgehead atoms. The lowest BCUT2D eigenvalue weighted by Gasteiger charge is -2.33. The normalized spacial score (nSPS) is 11.1. The maximum atomic E-state index is 9.33. The Morgan fingerprint density at radius 2 is 1.95 bits per heavy atom. The largest absolute Gasteiger partial charge is 0.395 e. The molecule has 1 rings (SSSR count). The third-order valence-corrected chi connectivity index (χ3v) is 4.26. The number of aliphatic hydroxyl groups excluding tert-OH is 1. The molecule has 0 heterocycles. The predicted octanol–water partition coefficient (Wildman–Crippen LogP) is 3.55. The number of aliphatic hydroxyl groups is 1. The lowest BCUT2D eigenvalue weighted by molar-refractivity contribution is 0.296. The summed E-state index contributed by atoms with van der Waals surface area (Å²) in [6, 6.07) is 6.96. The number of hydrogen-bond acceptors (Lipinski definition) is 3. The summed E-state index contributed by atoms with van der Waals surface area (Å²) < 4.78 is 1.10. The summed E-state index contributed by atoms with van der Waals surface area (Å²) >= 11 is 3.69. The molecule has 3 nitrogen and oxygen atoms in total. The molecule has 0 amide bonds. The van der Waals surface area contributed by atoms with Crippen LogP contribution >= 0.6 is 15.9 Å². The van der Waals surface area contributed by atoms with Gasteiger partial charge < -0.3 is 15.3 Å². The Kier molecular flexibility index (Phi) is 8.19. The van der Waals surface area contributed by atoms with Gasteiger partial charge in [-0.05, 0) is 53.0 Å². The number of nitrogens with zero attached hydrogens (tertiary/aromatic N) is 1. The van der Waals surface area contributed by atoms with Gasteiger partial charge in [0.25, 0.3) is 0 Å². The van der Waals surface area contributed by atoms with Gasteiger partial charge in [-0.1, -0.05) is 26.8 Å². The van der Waals surface area contributed by atoms with Crippen molar-refractivity contribution in [1.82, 2.24) is 5.32 Å². The van der Waals surface area contributed by atoms with Crippen molar-refractivity contribution >= 4 is 21.6 Å². The Morgan fingerprint density at radius 3 is 2.45 bits per heavy atom. The fourth-order valence-electron chi connectivity index (χ4n) is 2.50. The van der Waals surface area contributed by atoms with Crippen molar-refractivity contribution in [2.24, 2.45) is 0 Å². The van der Waals surface area contributed by atoms with E-state index in [1.54, 1.807) is 0 Å². The summed E-state index contributed by atoms with van der Waals surface area (Å²) in [5, 5.41) is 12.7. The van der Waals surface area contributed by atoms with Crippen LogP contribution in [0.5, 0.6) is 0 Å². The lowest BCUT2D eigenvalue weighted by atomic mass is 10.1. The van der Waals surface area contributed by atoms with E-state index < -0.39 is 0 Å². The second kappa shape index (κ2) is 9.37. The zero-order chi connectivity index (χ0) is 15.0. The molecule has 0 radical (unpaired) electrons. The summed E-state index contributed by atoms with van der Waals surface area (Å²) in [6.07, 6.45) is 2.17. The summed E-state index contributed by atoms with van der Waals surface area (Å²) in [5.74, 6) is 0. The highest BCUT2D eigenvalue weighted by Gasteiger charge is 2.17. The van der Waals surface area contributed by atoms with E-state index >= 15 is 0 Å². The zero-order valence-corrected chi connectivity index (χ0v) is 14.4. The minimum atomic E-state index is 0.183. The predicted molar refractivity (Wildman–Crippen MR) is 90.3 cm³/mol. The zero-order valence-electron chi connectivity index (χ0n) is 12.8. The molecule has 0 aliphatic heterocycles. The molecule has 0 aromatic heterocycles. The smallest absolute Gasteiger partial charge is 0.0606 e. The molecular weight excluding hydrogens is 316 g/mol. The summed E-state index contributed by atoms with van der Waals surface area (Å²) in [5.41, 5.74) is 2.45. The molecule has 1 aromatic carbocycles. The second-order valence-electron chi connectivity index (χ2n) is 4.95. The van der Waals surface area contributed by atoms with Gasteiger partial charge in [0, 0.05) is 23.6 Å². The van der Waals surface area contributed by atoms with Gasteiger partial charge in [0.1, 0.15) is 0 Å². The second-order valence-corrected chi connectivity index (χ2v) is 5.81. The van der Waals surface area contributed by atoms with Crippen LogP contribution in [0.1, 0.15) is 39.2 Å². The minimum absolute atomic E-state index is 0.183. The van der Waals surface area contributed by atoms with E-state index in [0.29, 0.717) is 12.6 Å². The van der Waals surface area contributed by atoms with Crippen molar-refractivity contribution in [2.45, 2.75) is 46.2 Å². The fourth-order valence-corrected chi connectivity index (χ4v) is 3.15. The van der Waals surface area contributed by atoms with Crippen LogP contribution < -0.4 is 10.2 Å². The number of halogens is 1. The Morgan fingerprint density at radius 1 is 1.25 bits per heavy atom. The van der Waals surface area contributed by atoms with Crippen LogP contribution in [0.15, 0.2) is 22.7 Å². The van der Waals surface area contributed by atoms with Crippen molar-refractivity contribution in [3.8, 4) is 0 Å². The van der Waals surface area contributed by atoms with E-state index in [4.69, 9.17) is 0 Å². The summed E-state index contributed by atoms with van der Waals surface area (Å²) in [4.78, 5) is 2.31. The van der Waals surface area contributed by atoms with Crippen LogP contribution in [0.25, 0.3) is 0 Å². The van der Waals surface area contributed by atoms with Gasteiger partial charge in [0.05, 0.1) is 12.3 Å². The first-order valence-corrected chi connectivity index (χ1v) is 8.33. The van der Waals surface area contributed by atoms with Gasteiger partial charge in [-0.15, -0.1) is 0 Å². The SMILES string of the molecule is CCNCc1ccc(N(CCO)C(CC)CC)c(Br)c1.